The highest BCUT2D eigenvalue weighted by atomic mass is 19.1. The van der Waals surface area contributed by atoms with Crippen molar-refractivity contribution in [3.8, 4) is 0 Å². The van der Waals surface area contributed by atoms with Gasteiger partial charge in [-0.05, 0) is 31.7 Å². The number of nitrogens with one attached hydrogen (secondary N) is 1. The predicted octanol–water partition coefficient (Wildman–Crippen LogP) is 2.26. The van der Waals surface area contributed by atoms with E-state index in [0.29, 0.717) is 6.04 Å². The fourth-order valence-corrected chi connectivity index (χ4v) is 2.61. The fraction of sp³-hybridized carbons (Fsp3) is 0.600. The molecule has 0 amide bonds. The van der Waals surface area contributed by atoms with E-state index in [4.69, 9.17) is 0 Å². The zero-order valence-electron chi connectivity index (χ0n) is 11.9. The molecule has 1 heterocycles. The van der Waals surface area contributed by atoms with Gasteiger partial charge in [-0.2, -0.15) is 0 Å². The summed E-state index contributed by atoms with van der Waals surface area (Å²) in [7, 11) is 2.20. The summed E-state index contributed by atoms with van der Waals surface area (Å²) in [6.45, 7) is 7.52. The average molecular weight is 265 g/mol. The van der Waals surface area contributed by atoms with Crippen LogP contribution < -0.4 is 5.32 Å². The third kappa shape index (κ3) is 4.18. The summed E-state index contributed by atoms with van der Waals surface area (Å²) in [6.07, 6.45) is 1.20. The minimum Gasteiger partial charge on any atom is -0.384 e. The van der Waals surface area contributed by atoms with Crippen molar-refractivity contribution in [3.63, 3.8) is 0 Å². The lowest BCUT2D eigenvalue weighted by Gasteiger charge is -2.39. The minimum atomic E-state index is -0.185. The van der Waals surface area contributed by atoms with Crippen molar-refractivity contribution in [1.82, 2.24) is 9.80 Å². The van der Waals surface area contributed by atoms with Gasteiger partial charge in [-0.1, -0.05) is 13.0 Å². The first kappa shape index (κ1) is 14.3. The summed E-state index contributed by atoms with van der Waals surface area (Å²) in [5.41, 5.74) is 0.862. The number of likely N-dealkylation sites (N-methyl/N-ethyl adjacent to an activating group) is 1. The van der Waals surface area contributed by atoms with E-state index in [-0.39, 0.29) is 5.82 Å². The topological polar surface area (TPSA) is 18.5 Å². The summed E-state index contributed by atoms with van der Waals surface area (Å²) >= 11 is 0. The van der Waals surface area contributed by atoms with E-state index in [0.717, 1.165) is 38.4 Å². The molecule has 1 aliphatic heterocycles. The highest BCUT2D eigenvalue weighted by molar-refractivity contribution is 5.42. The Balaban J connectivity index is 1.74. The summed E-state index contributed by atoms with van der Waals surface area (Å²) in [6, 6.07) is 7.32. The molecular weight excluding hydrogens is 241 g/mol. The van der Waals surface area contributed by atoms with Crippen LogP contribution in [0.5, 0.6) is 0 Å². The Bertz CT molecular complexity index is 397. The van der Waals surface area contributed by atoms with Crippen LogP contribution in [-0.2, 0) is 0 Å². The Morgan fingerprint density at radius 1 is 1.37 bits per heavy atom. The Hall–Kier alpha value is -1.13. The number of halogens is 1. The molecule has 106 valence electrons. The van der Waals surface area contributed by atoms with E-state index in [1.54, 1.807) is 12.1 Å². The number of nitrogens with zero attached hydrogens (tertiary/aromatic N) is 2. The van der Waals surface area contributed by atoms with E-state index < -0.39 is 0 Å². The lowest BCUT2D eigenvalue weighted by atomic mass is 10.1. The first-order chi connectivity index (χ1) is 9.19. The maximum Gasteiger partial charge on any atom is 0.125 e. The molecule has 4 heteroatoms. The highest BCUT2D eigenvalue weighted by Crippen LogP contribution is 2.11. The van der Waals surface area contributed by atoms with Crippen LogP contribution in [0.3, 0.4) is 0 Å². The molecule has 1 aromatic rings. The zero-order chi connectivity index (χ0) is 13.7. The summed E-state index contributed by atoms with van der Waals surface area (Å²) < 4.78 is 13.0. The number of anilines is 1. The van der Waals surface area contributed by atoms with Crippen LogP contribution >= 0.6 is 0 Å². The molecule has 0 aliphatic carbocycles. The lowest BCUT2D eigenvalue weighted by molar-refractivity contribution is 0.0963. The van der Waals surface area contributed by atoms with Gasteiger partial charge in [0.25, 0.3) is 0 Å². The molecule has 1 N–H and O–H groups in total. The standard InChI is InChI=1S/C15H24FN3/c1-3-15-12-19(10-9-18(15)2)8-7-17-14-6-4-5-13(16)11-14/h4-6,11,15,17H,3,7-10,12H2,1-2H3. The van der Waals surface area contributed by atoms with Crippen LogP contribution in [0.2, 0.25) is 0 Å². The van der Waals surface area contributed by atoms with E-state index >= 15 is 0 Å². The smallest absolute Gasteiger partial charge is 0.125 e. The van der Waals surface area contributed by atoms with Gasteiger partial charge in [0, 0.05) is 44.5 Å². The van der Waals surface area contributed by atoms with Gasteiger partial charge in [0.15, 0.2) is 0 Å². The van der Waals surface area contributed by atoms with Gasteiger partial charge in [-0.25, -0.2) is 4.39 Å². The first-order valence-electron chi connectivity index (χ1n) is 7.11. The number of benzene rings is 1. The highest BCUT2D eigenvalue weighted by Gasteiger charge is 2.21. The molecule has 2 rings (SSSR count). The molecule has 1 fully saturated rings. The molecule has 1 aliphatic rings. The van der Waals surface area contributed by atoms with Gasteiger partial charge < -0.3 is 10.2 Å². The van der Waals surface area contributed by atoms with Gasteiger partial charge in [0.1, 0.15) is 5.82 Å². The third-order valence-corrected chi connectivity index (χ3v) is 3.91. The van der Waals surface area contributed by atoms with Crippen LogP contribution in [0.4, 0.5) is 10.1 Å². The Morgan fingerprint density at radius 3 is 2.95 bits per heavy atom. The minimum absolute atomic E-state index is 0.185. The molecule has 0 bridgehead atoms. The zero-order valence-corrected chi connectivity index (χ0v) is 11.9. The Kier molecular flexibility index (Phi) is 5.16. The number of hydrogen-bond donors (Lipinski definition) is 1. The molecule has 0 aromatic heterocycles. The van der Waals surface area contributed by atoms with Crippen molar-refractivity contribution >= 4 is 5.69 Å². The molecule has 1 atom stereocenters. The maximum atomic E-state index is 13.0. The number of rotatable bonds is 5. The monoisotopic (exact) mass is 265 g/mol. The van der Waals surface area contributed by atoms with E-state index in [2.05, 4.69) is 29.1 Å². The summed E-state index contributed by atoms with van der Waals surface area (Å²) in [5.74, 6) is -0.185. The van der Waals surface area contributed by atoms with Crippen molar-refractivity contribution in [3.05, 3.63) is 30.1 Å². The van der Waals surface area contributed by atoms with Crippen LogP contribution in [0, 0.1) is 5.82 Å². The van der Waals surface area contributed by atoms with Crippen LogP contribution in [0.15, 0.2) is 24.3 Å². The molecule has 1 saturated heterocycles. The molecule has 0 radical (unpaired) electrons. The molecular formula is C15H24FN3. The third-order valence-electron chi connectivity index (χ3n) is 3.91. The maximum absolute atomic E-state index is 13.0. The van der Waals surface area contributed by atoms with Crippen LogP contribution in [0.1, 0.15) is 13.3 Å². The predicted molar refractivity (Wildman–Crippen MR) is 78.0 cm³/mol. The van der Waals surface area contributed by atoms with Crippen molar-refractivity contribution in [2.24, 2.45) is 0 Å². The van der Waals surface area contributed by atoms with Gasteiger partial charge in [0.05, 0.1) is 0 Å². The number of hydrogen-bond acceptors (Lipinski definition) is 3. The van der Waals surface area contributed by atoms with Crippen LogP contribution in [-0.4, -0.2) is 55.6 Å². The normalized spacial score (nSPS) is 21.5. The summed E-state index contributed by atoms with van der Waals surface area (Å²) in [4.78, 5) is 4.93. The Labute approximate surface area is 115 Å². The molecule has 3 nitrogen and oxygen atoms in total. The lowest BCUT2D eigenvalue weighted by Crippen LogP contribution is -2.51. The summed E-state index contributed by atoms with van der Waals surface area (Å²) in [5, 5.41) is 3.28. The van der Waals surface area contributed by atoms with Crippen molar-refractivity contribution in [1.29, 1.82) is 0 Å². The van der Waals surface area contributed by atoms with Gasteiger partial charge in [0.2, 0.25) is 0 Å². The van der Waals surface area contributed by atoms with Crippen molar-refractivity contribution in [2.45, 2.75) is 19.4 Å². The SMILES string of the molecule is CCC1CN(CCNc2cccc(F)c2)CCN1C. The van der Waals surface area contributed by atoms with Crippen LogP contribution in [0.25, 0.3) is 0 Å². The quantitative estimate of drug-likeness (QED) is 0.881. The molecule has 0 spiro atoms. The molecule has 1 aromatic carbocycles. The van der Waals surface area contributed by atoms with Gasteiger partial charge in [-0.3, -0.25) is 4.90 Å². The molecule has 0 saturated carbocycles. The molecule has 19 heavy (non-hydrogen) atoms. The molecule has 1 unspecified atom stereocenters. The van der Waals surface area contributed by atoms with Gasteiger partial charge in [-0.15, -0.1) is 0 Å². The van der Waals surface area contributed by atoms with E-state index in [1.807, 2.05) is 6.07 Å². The van der Waals surface area contributed by atoms with Gasteiger partial charge >= 0.3 is 0 Å². The second-order valence-corrected chi connectivity index (χ2v) is 5.28. The number of piperazine rings is 1. The van der Waals surface area contributed by atoms with E-state index in [9.17, 15) is 4.39 Å². The second kappa shape index (κ2) is 6.87. The second-order valence-electron chi connectivity index (χ2n) is 5.28. The average Bonchev–Trinajstić information content (AvgIpc) is 2.41. The Morgan fingerprint density at radius 2 is 2.21 bits per heavy atom. The fourth-order valence-electron chi connectivity index (χ4n) is 2.61. The van der Waals surface area contributed by atoms with Crippen molar-refractivity contribution in [2.75, 3.05) is 45.1 Å². The van der Waals surface area contributed by atoms with Crippen molar-refractivity contribution < 1.29 is 4.39 Å². The first-order valence-corrected chi connectivity index (χ1v) is 7.11. The van der Waals surface area contributed by atoms with E-state index in [1.165, 1.54) is 12.5 Å². The largest absolute Gasteiger partial charge is 0.384 e.